The van der Waals surface area contributed by atoms with Crippen molar-refractivity contribution in [2.24, 2.45) is 0 Å². The fraction of sp³-hybridized carbons (Fsp3) is 0.643. The number of nitrogens with zero attached hydrogens (tertiary/aromatic N) is 2. The molecule has 0 amide bonds. The zero-order valence-electron chi connectivity index (χ0n) is 11.1. The third-order valence-corrected chi connectivity index (χ3v) is 3.71. The van der Waals surface area contributed by atoms with E-state index in [0.29, 0.717) is 11.9 Å². The second-order valence-electron chi connectivity index (χ2n) is 4.90. The zero-order chi connectivity index (χ0) is 12.3. The minimum atomic E-state index is 0.641. The second-order valence-corrected chi connectivity index (χ2v) is 4.90. The van der Waals surface area contributed by atoms with Crippen LogP contribution >= 0.6 is 0 Å². The lowest BCUT2D eigenvalue weighted by Crippen LogP contribution is -2.34. The summed E-state index contributed by atoms with van der Waals surface area (Å²) in [6, 6.07) is 4.65. The summed E-state index contributed by atoms with van der Waals surface area (Å²) in [6.07, 6.45) is 6.65. The van der Waals surface area contributed by atoms with Gasteiger partial charge in [0.05, 0.1) is 7.11 Å². The maximum absolute atomic E-state index is 5.21. The molecular weight excluding hydrogens is 212 g/mol. The first-order chi connectivity index (χ1) is 8.22. The van der Waals surface area contributed by atoms with Gasteiger partial charge in [0.2, 0.25) is 5.88 Å². The number of aromatic nitrogens is 1. The van der Waals surface area contributed by atoms with Gasteiger partial charge in [-0.05, 0) is 25.3 Å². The molecule has 0 aliphatic heterocycles. The number of hydrogen-bond acceptors (Lipinski definition) is 3. The quantitative estimate of drug-likeness (QED) is 0.803. The Morgan fingerprint density at radius 2 is 1.94 bits per heavy atom. The van der Waals surface area contributed by atoms with Crippen molar-refractivity contribution in [3.63, 3.8) is 0 Å². The fourth-order valence-electron chi connectivity index (χ4n) is 2.61. The highest BCUT2D eigenvalue weighted by atomic mass is 16.5. The standard InChI is InChI=1S/C14H22N2O/c1-11-9-10-13(17-3)15-14(11)16(2)12-7-5-4-6-8-12/h9-10,12H,4-8H2,1-3H3. The molecule has 1 aliphatic carbocycles. The minimum absolute atomic E-state index is 0.641. The number of rotatable bonds is 3. The molecule has 0 spiro atoms. The van der Waals surface area contributed by atoms with E-state index >= 15 is 0 Å². The first-order valence-corrected chi connectivity index (χ1v) is 6.47. The zero-order valence-corrected chi connectivity index (χ0v) is 11.1. The van der Waals surface area contributed by atoms with Crippen LogP contribution in [0, 0.1) is 6.92 Å². The van der Waals surface area contributed by atoms with Crippen LogP contribution < -0.4 is 9.64 Å². The maximum Gasteiger partial charge on any atom is 0.214 e. The van der Waals surface area contributed by atoms with Gasteiger partial charge in [-0.25, -0.2) is 0 Å². The Kier molecular flexibility index (Phi) is 3.87. The predicted molar refractivity (Wildman–Crippen MR) is 70.8 cm³/mol. The van der Waals surface area contributed by atoms with E-state index < -0.39 is 0 Å². The highest BCUT2D eigenvalue weighted by Crippen LogP contribution is 2.28. The second kappa shape index (κ2) is 5.39. The first kappa shape index (κ1) is 12.2. The Hall–Kier alpha value is -1.25. The van der Waals surface area contributed by atoms with E-state index in [1.165, 1.54) is 37.7 Å². The third-order valence-electron chi connectivity index (χ3n) is 3.71. The molecule has 1 saturated carbocycles. The van der Waals surface area contributed by atoms with Crippen molar-refractivity contribution in [2.45, 2.75) is 45.1 Å². The Bertz CT molecular complexity index is 372. The van der Waals surface area contributed by atoms with Crippen molar-refractivity contribution in [1.82, 2.24) is 4.98 Å². The van der Waals surface area contributed by atoms with Gasteiger partial charge >= 0.3 is 0 Å². The number of anilines is 1. The highest BCUT2D eigenvalue weighted by Gasteiger charge is 2.20. The van der Waals surface area contributed by atoms with Crippen LogP contribution in [0.1, 0.15) is 37.7 Å². The molecule has 1 heterocycles. The van der Waals surface area contributed by atoms with Crippen molar-refractivity contribution >= 4 is 5.82 Å². The summed E-state index contributed by atoms with van der Waals surface area (Å²) in [5, 5.41) is 0. The van der Waals surface area contributed by atoms with Crippen LogP contribution in [0.3, 0.4) is 0 Å². The summed E-state index contributed by atoms with van der Waals surface area (Å²) in [7, 11) is 3.83. The lowest BCUT2D eigenvalue weighted by atomic mass is 9.94. The summed E-state index contributed by atoms with van der Waals surface area (Å²) in [6.45, 7) is 2.11. The Balaban J connectivity index is 2.19. The highest BCUT2D eigenvalue weighted by molar-refractivity contribution is 5.48. The molecule has 1 aliphatic rings. The fourth-order valence-corrected chi connectivity index (χ4v) is 2.61. The van der Waals surface area contributed by atoms with Crippen LogP contribution in [0.25, 0.3) is 0 Å². The molecule has 2 rings (SSSR count). The summed E-state index contributed by atoms with van der Waals surface area (Å²) in [4.78, 5) is 6.90. The number of hydrogen-bond donors (Lipinski definition) is 0. The number of pyridine rings is 1. The average Bonchev–Trinajstić information content (AvgIpc) is 2.39. The molecule has 1 aromatic heterocycles. The Morgan fingerprint density at radius 3 is 2.59 bits per heavy atom. The van der Waals surface area contributed by atoms with Crippen LogP contribution in [0.5, 0.6) is 5.88 Å². The molecule has 1 fully saturated rings. The molecule has 0 aromatic carbocycles. The molecule has 3 heteroatoms. The Morgan fingerprint density at radius 1 is 1.24 bits per heavy atom. The van der Waals surface area contributed by atoms with E-state index in [9.17, 15) is 0 Å². The van der Waals surface area contributed by atoms with Crippen molar-refractivity contribution in [3.05, 3.63) is 17.7 Å². The van der Waals surface area contributed by atoms with E-state index in [0.717, 1.165) is 5.82 Å². The van der Waals surface area contributed by atoms with E-state index in [4.69, 9.17) is 4.74 Å². The number of ether oxygens (including phenoxy) is 1. The molecule has 0 atom stereocenters. The lowest BCUT2D eigenvalue weighted by Gasteiger charge is -2.33. The minimum Gasteiger partial charge on any atom is -0.481 e. The molecule has 0 saturated heterocycles. The lowest BCUT2D eigenvalue weighted by molar-refractivity contribution is 0.394. The van der Waals surface area contributed by atoms with Gasteiger partial charge < -0.3 is 9.64 Å². The third kappa shape index (κ3) is 2.71. The molecule has 0 N–H and O–H groups in total. The average molecular weight is 234 g/mol. The van der Waals surface area contributed by atoms with E-state index in [1.807, 2.05) is 6.07 Å². The van der Waals surface area contributed by atoms with Gasteiger partial charge in [0, 0.05) is 19.2 Å². The van der Waals surface area contributed by atoms with Crippen molar-refractivity contribution in [3.8, 4) is 5.88 Å². The van der Waals surface area contributed by atoms with Gasteiger partial charge in [0.15, 0.2) is 0 Å². The predicted octanol–water partition coefficient (Wildman–Crippen LogP) is 3.17. The molecule has 0 unspecified atom stereocenters. The molecule has 1 aromatic rings. The van der Waals surface area contributed by atoms with E-state index in [2.05, 4.69) is 29.9 Å². The van der Waals surface area contributed by atoms with Crippen LogP contribution in [0.4, 0.5) is 5.82 Å². The monoisotopic (exact) mass is 234 g/mol. The molecule has 3 nitrogen and oxygen atoms in total. The van der Waals surface area contributed by atoms with Crippen molar-refractivity contribution in [2.75, 3.05) is 19.1 Å². The maximum atomic E-state index is 5.21. The van der Waals surface area contributed by atoms with Gasteiger partial charge in [-0.2, -0.15) is 4.98 Å². The van der Waals surface area contributed by atoms with Crippen molar-refractivity contribution < 1.29 is 4.74 Å². The number of aryl methyl sites for hydroxylation is 1. The molecule has 94 valence electrons. The summed E-state index contributed by atoms with van der Waals surface area (Å²) < 4.78 is 5.21. The Labute approximate surface area is 104 Å². The SMILES string of the molecule is COc1ccc(C)c(N(C)C2CCCCC2)n1. The summed E-state index contributed by atoms with van der Waals surface area (Å²) in [5.41, 5.74) is 1.22. The topological polar surface area (TPSA) is 25.4 Å². The summed E-state index contributed by atoms with van der Waals surface area (Å²) in [5.74, 6) is 1.77. The summed E-state index contributed by atoms with van der Waals surface area (Å²) >= 11 is 0. The van der Waals surface area contributed by atoms with E-state index in [-0.39, 0.29) is 0 Å². The van der Waals surface area contributed by atoms with Crippen LogP contribution in [-0.4, -0.2) is 25.2 Å². The van der Waals surface area contributed by atoms with Gasteiger partial charge in [0.25, 0.3) is 0 Å². The first-order valence-electron chi connectivity index (χ1n) is 6.47. The van der Waals surface area contributed by atoms with Gasteiger partial charge in [-0.15, -0.1) is 0 Å². The van der Waals surface area contributed by atoms with Crippen LogP contribution in [0.15, 0.2) is 12.1 Å². The van der Waals surface area contributed by atoms with Crippen LogP contribution in [0.2, 0.25) is 0 Å². The largest absolute Gasteiger partial charge is 0.481 e. The van der Waals surface area contributed by atoms with Gasteiger partial charge in [0.1, 0.15) is 5.82 Å². The van der Waals surface area contributed by atoms with Crippen LogP contribution in [-0.2, 0) is 0 Å². The van der Waals surface area contributed by atoms with Gasteiger partial charge in [-0.1, -0.05) is 25.3 Å². The number of methoxy groups -OCH3 is 1. The molecule has 17 heavy (non-hydrogen) atoms. The normalized spacial score (nSPS) is 16.9. The molecule has 0 radical (unpaired) electrons. The smallest absolute Gasteiger partial charge is 0.214 e. The van der Waals surface area contributed by atoms with Gasteiger partial charge in [-0.3, -0.25) is 0 Å². The van der Waals surface area contributed by atoms with E-state index in [1.54, 1.807) is 7.11 Å². The molecular formula is C14H22N2O. The molecule has 0 bridgehead atoms. The van der Waals surface area contributed by atoms with Crippen molar-refractivity contribution in [1.29, 1.82) is 0 Å².